The van der Waals surface area contributed by atoms with Crippen LogP contribution in [0.1, 0.15) is 16.8 Å². The summed E-state index contributed by atoms with van der Waals surface area (Å²) in [7, 11) is -2.13. The highest BCUT2D eigenvalue weighted by Crippen LogP contribution is 2.22. The fourth-order valence-corrected chi connectivity index (χ4v) is 3.33. The number of fused-ring (bicyclic) bond motifs is 1. The van der Waals surface area contributed by atoms with Crippen molar-refractivity contribution in [3.8, 4) is 5.88 Å². The first-order valence-corrected chi connectivity index (χ1v) is 9.40. The van der Waals surface area contributed by atoms with Crippen molar-refractivity contribution < 1.29 is 17.5 Å². The Kier molecular flexibility index (Phi) is 4.56. The standard InChI is InChI=1S/C15H17FN4O4S/c1-24-14-9(5-10(16)6-17-14)7-20-4-3-12-11(8-20)13(21)19-15(18-12)25(2,22)23/h5-6H,3-4,7-8H2,1-2H3,(H,18,19,21). The number of pyridine rings is 1. The SMILES string of the molecule is COc1ncc(F)cc1CN1CCc2nc(S(C)(=O)=O)[nH]c(=O)c2C1. The molecular formula is C15H17FN4O4S. The zero-order valence-electron chi connectivity index (χ0n) is 13.7. The first-order valence-electron chi connectivity index (χ1n) is 7.51. The molecule has 0 saturated carbocycles. The van der Waals surface area contributed by atoms with Gasteiger partial charge >= 0.3 is 0 Å². The normalized spacial score (nSPS) is 15.0. The fourth-order valence-electron chi connectivity index (χ4n) is 2.78. The summed E-state index contributed by atoms with van der Waals surface area (Å²) in [6.45, 7) is 1.17. The van der Waals surface area contributed by atoms with E-state index in [1.54, 1.807) is 0 Å². The molecule has 0 unspecified atom stereocenters. The Morgan fingerprint density at radius 1 is 1.44 bits per heavy atom. The quantitative estimate of drug-likeness (QED) is 0.773. The van der Waals surface area contributed by atoms with Gasteiger partial charge in [-0.3, -0.25) is 14.7 Å². The number of methoxy groups -OCH3 is 1. The monoisotopic (exact) mass is 368 g/mol. The largest absolute Gasteiger partial charge is 0.481 e. The summed E-state index contributed by atoms with van der Waals surface area (Å²) < 4.78 is 41.7. The van der Waals surface area contributed by atoms with Crippen LogP contribution in [-0.2, 0) is 29.3 Å². The van der Waals surface area contributed by atoms with E-state index in [0.29, 0.717) is 42.2 Å². The first-order chi connectivity index (χ1) is 11.8. The molecule has 0 saturated heterocycles. The summed E-state index contributed by atoms with van der Waals surface area (Å²) in [4.78, 5) is 24.4. The third kappa shape index (κ3) is 3.69. The minimum Gasteiger partial charge on any atom is -0.481 e. The second-order valence-electron chi connectivity index (χ2n) is 5.85. The topological polar surface area (TPSA) is 105 Å². The molecule has 3 heterocycles. The molecular weight excluding hydrogens is 351 g/mol. The first kappa shape index (κ1) is 17.5. The predicted octanol–water partition coefficient (Wildman–Crippen LogP) is 0.274. The number of rotatable bonds is 4. The van der Waals surface area contributed by atoms with Crippen LogP contribution in [-0.4, -0.2) is 48.2 Å². The Labute approximate surface area is 143 Å². The van der Waals surface area contributed by atoms with Crippen LogP contribution in [0.4, 0.5) is 4.39 Å². The number of hydrogen-bond donors (Lipinski definition) is 1. The van der Waals surface area contributed by atoms with E-state index in [1.807, 2.05) is 4.90 Å². The number of ether oxygens (including phenoxy) is 1. The summed E-state index contributed by atoms with van der Waals surface area (Å²) in [6.07, 6.45) is 2.50. The summed E-state index contributed by atoms with van der Waals surface area (Å²) in [5, 5.41) is -0.319. The van der Waals surface area contributed by atoms with Gasteiger partial charge in [0.1, 0.15) is 5.82 Å². The number of nitrogens with zero attached hydrogens (tertiary/aromatic N) is 3. The van der Waals surface area contributed by atoms with Crippen LogP contribution in [0.5, 0.6) is 5.88 Å². The van der Waals surface area contributed by atoms with E-state index in [-0.39, 0.29) is 11.7 Å². The minimum atomic E-state index is -3.58. The number of halogens is 1. The van der Waals surface area contributed by atoms with Gasteiger partial charge in [-0.1, -0.05) is 0 Å². The van der Waals surface area contributed by atoms with Gasteiger partial charge in [-0.25, -0.2) is 22.8 Å². The molecule has 1 aliphatic rings. The van der Waals surface area contributed by atoms with Crippen LogP contribution < -0.4 is 10.3 Å². The molecule has 0 atom stereocenters. The Bertz CT molecular complexity index is 974. The molecule has 10 heteroatoms. The lowest BCUT2D eigenvalue weighted by Gasteiger charge is -2.27. The van der Waals surface area contributed by atoms with Crippen molar-refractivity contribution in [2.45, 2.75) is 24.7 Å². The zero-order chi connectivity index (χ0) is 18.2. The minimum absolute atomic E-state index is 0.279. The van der Waals surface area contributed by atoms with E-state index in [1.165, 1.54) is 13.2 Å². The molecule has 1 N–H and O–H groups in total. The fraction of sp³-hybridized carbons (Fsp3) is 0.400. The maximum atomic E-state index is 13.4. The van der Waals surface area contributed by atoms with Crippen molar-refractivity contribution in [2.24, 2.45) is 0 Å². The van der Waals surface area contributed by atoms with Crippen molar-refractivity contribution in [3.05, 3.63) is 45.3 Å². The number of aromatic nitrogens is 3. The molecule has 0 bridgehead atoms. The van der Waals surface area contributed by atoms with Crippen LogP contribution >= 0.6 is 0 Å². The van der Waals surface area contributed by atoms with Gasteiger partial charge in [0.15, 0.2) is 0 Å². The van der Waals surface area contributed by atoms with E-state index >= 15 is 0 Å². The zero-order valence-corrected chi connectivity index (χ0v) is 14.6. The van der Waals surface area contributed by atoms with Gasteiger partial charge in [0.05, 0.1) is 24.6 Å². The molecule has 1 aliphatic heterocycles. The van der Waals surface area contributed by atoms with E-state index in [2.05, 4.69) is 15.0 Å². The highest BCUT2D eigenvalue weighted by Gasteiger charge is 2.24. The second kappa shape index (κ2) is 6.52. The number of H-pyrrole nitrogens is 1. The van der Waals surface area contributed by atoms with Crippen LogP contribution in [0.3, 0.4) is 0 Å². The lowest BCUT2D eigenvalue weighted by atomic mass is 10.1. The molecule has 8 nitrogen and oxygen atoms in total. The number of sulfone groups is 1. The smallest absolute Gasteiger partial charge is 0.256 e. The molecule has 3 rings (SSSR count). The van der Waals surface area contributed by atoms with Gasteiger partial charge in [-0.05, 0) is 6.07 Å². The summed E-state index contributed by atoms with van der Waals surface area (Å²) in [6, 6.07) is 1.34. The van der Waals surface area contributed by atoms with E-state index in [4.69, 9.17) is 4.74 Å². The molecule has 0 aromatic carbocycles. The van der Waals surface area contributed by atoms with Crippen molar-refractivity contribution in [1.29, 1.82) is 0 Å². The second-order valence-corrected chi connectivity index (χ2v) is 7.78. The summed E-state index contributed by atoms with van der Waals surface area (Å²) in [5.74, 6) is -0.142. The average molecular weight is 368 g/mol. The lowest BCUT2D eigenvalue weighted by Crippen LogP contribution is -2.36. The average Bonchev–Trinajstić information content (AvgIpc) is 2.54. The van der Waals surface area contributed by atoms with Crippen LogP contribution in [0.2, 0.25) is 0 Å². The lowest BCUT2D eigenvalue weighted by molar-refractivity contribution is 0.235. The van der Waals surface area contributed by atoms with Gasteiger partial charge in [0.25, 0.3) is 5.56 Å². The van der Waals surface area contributed by atoms with Crippen molar-refractivity contribution >= 4 is 9.84 Å². The maximum absolute atomic E-state index is 13.4. The van der Waals surface area contributed by atoms with E-state index in [9.17, 15) is 17.6 Å². The number of hydrogen-bond acceptors (Lipinski definition) is 7. The van der Waals surface area contributed by atoms with Gasteiger partial charge in [-0.2, -0.15) is 0 Å². The van der Waals surface area contributed by atoms with E-state index < -0.39 is 21.2 Å². The van der Waals surface area contributed by atoms with Crippen LogP contribution in [0, 0.1) is 5.82 Å². The maximum Gasteiger partial charge on any atom is 0.256 e. The van der Waals surface area contributed by atoms with Crippen molar-refractivity contribution in [1.82, 2.24) is 19.9 Å². The van der Waals surface area contributed by atoms with Crippen molar-refractivity contribution in [2.75, 3.05) is 19.9 Å². The number of nitrogens with one attached hydrogen (secondary N) is 1. The molecule has 0 fully saturated rings. The Hall–Kier alpha value is -2.33. The van der Waals surface area contributed by atoms with Gasteiger partial charge in [0, 0.05) is 37.9 Å². The molecule has 2 aromatic heterocycles. The van der Waals surface area contributed by atoms with Crippen LogP contribution in [0.15, 0.2) is 22.2 Å². The predicted molar refractivity (Wildman–Crippen MR) is 86.5 cm³/mol. The third-order valence-electron chi connectivity index (χ3n) is 3.96. The van der Waals surface area contributed by atoms with Crippen molar-refractivity contribution in [3.63, 3.8) is 0 Å². The van der Waals surface area contributed by atoms with Crippen LogP contribution in [0.25, 0.3) is 0 Å². The van der Waals surface area contributed by atoms with Gasteiger partial charge < -0.3 is 4.74 Å². The summed E-state index contributed by atoms with van der Waals surface area (Å²) >= 11 is 0. The molecule has 2 aromatic rings. The Balaban J connectivity index is 1.87. The van der Waals surface area contributed by atoms with Gasteiger partial charge in [0.2, 0.25) is 20.9 Å². The third-order valence-corrected chi connectivity index (χ3v) is 4.85. The molecule has 25 heavy (non-hydrogen) atoms. The summed E-state index contributed by atoms with van der Waals surface area (Å²) in [5.41, 5.74) is 0.995. The Morgan fingerprint density at radius 2 is 2.20 bits per heavy atom. The van der Waals surface area contributed by atoms with E-state index in [0.717, 1.165) is 12.5 Å². The highest BCUT2D eigenvalue weighted by atomic mass is 32.2. The molecule has 0 spiro atoms. The molecule has 0 radical (unpaired) electrons. The highest BCUT2D eigenvalue weighted by molar-refractivity contribution is 7.90. The number of aromatic amines is 1. The molecule has 0 aliphatic carbocycles. The molecule has 134 valence electrons. The Morgan fingerprint density at radius 3 is 2.88 bits per heavy atom. The molecule has 0 amide bonds. The van der Waals surface area contributed by atoms with Gasteiger partial charge in [-0.15, -0.1) is 0 Å².